The van der Waals surface area contributed by atoms with Gasteiger partial charge in [0.2, 0.25) is 0 Å². The fraction of sp³-hybridized carbons (Fsp3) is 0.211. The van der Waals surface area contributed by atoms with Crippen LogP contribution in [0.2, 0.25) is 5.02 Å². The molecule has 0 aliphatic heterocycles. The zero-order valence-corrected chi connectivity index (χ0v) is 14.4. The van der Waals surface area contributed by atoms with Gasteiger partial charge in [0.15, 0.2) is 5.58 Å². The Morgan fingerprint density at radius 2 is 1.96 bits per heavy atom. The van der Waals surface area contributed by atoms with Crippen LogP contribution >= 0.6 is 11.6 Å². The normalized spacial score (nSPS) is 11.2. The van der Waals surface area contributed by atoms with Crippen molar-refractivity contribution in [3.05, 3.63) is 74.3 Å². The fourth-order valence-electron chi connectivity index (χ4n) is 2.90. The minimum Gasteiger partial charge on any atom is -0.506 e. The largest absolute Gasteiger partial charge is 0.506 e. The van der Waals surface area contributed by atoms with E-state index in [1.807, 2.05) is 12.2 Å². The Morgan fingerprint density at radius 3 is 2.68 bits per heavy atom. The highest BCUT2D eigenvalue weighted by atomic mass is 35.5. The molecule has 25 heavy (non-hydrogen) atoms. The third-order valence-electron chi connectivity index (χ3n) is 4.19. The van der Waals surface area contributed by atoms with Crippen molar-refractivity contribution in [3.63, 3.8) is 0 Å². The molecule has 0 aliphatic carbocycles. The Bertz CT molecular complexity index is 984. The van der Waals surface area contributed by atoms with Gasteiger partial charge in [-0.1, -0.05) is 36.7 Å². The first-order valence-electron chi connectivity index (χ1n) is 8.03. The summed E-state index contributed by atoms with van der Waals surface area (Å²) in [5.41, 5.74) is 1.66. The number of phenols is 1. The number of rotatable bonds is 5. The van der Waals surface area contributed by atoms with Crippen LogP contribution in [0.25, 0.3) is 11.0 Å². The Labute approximate surface area is 148 Å². The topological polar surface area (TPSA) is 67.0 Å². The second-order valence-electron chi connectivity index (χ2n) is 5.79. The molecule has 2 aromatic carbocycles. The van der Waals surface area contributed by atoms with Gasteiger partial charge in [0.1, 0.15) is 24.7 Å². The molecule has 0 bridgehead atoms. The molecule has 0 atom stereocenters. The molecule has 1 aromatic heterocycles. The van der Waals surface area contributed by atoms with E-state index in [-0.39, 0.29) is 16.6 Å². The van der Waals surface area contributed by atoms with Crippen LogP contribution in [-0.2, 0) is 19.5 Å². The summed E-state index contributed by atoms with van der Waals surface area (Å²) in [5, 5.41) is 13.0. The van der Waals surface area contributed by atoms with E-state index in [0.717, 1.165) is 5.56 Å². The molecule has 3 aromatic rings. The lowest BCUT2D eigenvalue weighted by molar-refractivity contribution is -0.686. The van der Waals surface area contributed by atoms with E-state index in [9.17, 15) is 14.3 Å². The maximum absolute atomic E-state index is 13.7. The first kappa shape index (κ1) is 17.5. The summed E-state index contributed by atoms with van der Waals surface area (Å²) in [7, 11) is 0. The molecule has 3 N–H and O–H groups in total. The molecule has 0 saturated carbocycles. The highest BCUT2D eigenvalue weighted by Gasteiger charge is 2.18. The van der Waals surface area contributed by atoms with Crippen molar-refractivity contribution in [2.45, 2.75) is 26.4 Å². The van der Waals surface area contributed by atoms with Crippen LogP contribution in [0.4, 0.5) is 4.39 Å². The summed E-state index contributed by atoms with van der Waals surface area (Å²) in [6, 6.07) is 9.55. The molecular weight excluding hydrogens is 345 g/mol. The van der Waals surface area contributed by atoms with Gasteiger partial charge in [-0.3, -0.25) is 0 Å². The smallest absolute Gasteiger partial charge is 0.336 e. The van der Waals surface area contributed by atoms with E-state index in [1.165, 1.54) is 12.1 Å². The van der Waals surface area contributed by atoms with Gasteiger partial charge in [0, 0.05) is 17.0 Å². The molecule has 0 amide bonds. The quantitative estimate of drug-likeness (QED) is 0.685. The Hall–Kier alpha value is -2.37. The van der Waals surface area contributed by atoms with Crippen molar-refractivity contribution >= 4 is 22.6 Å². The van der Waals surface area contributed by atoms with E-state index in [2.05, 4.69) is 0 Å². The number of aryl methyl sites for hydroxylation is 1. The van der Waals surface area contributed by atoms with E-state index >= 15 is 0 Å². The Kier molecular flexibility index (Phi) is 5.06. The number of quaternary nitrogens is 1. The number of halogens is 2. The van der Waals surface area contributed by atoms with Crippen molar-refractivity contribution in [2.24, 2.45) is 0 Å². The second-order valence-corrected chi connectivity index (χ2v) is 6.20. The van der Waals surface area contributed by atoms with Crippen molar-refractivity contribution in [3.8, 4) is 5.75 Å². The molecule has 1 heterocycles. The monoisotopic (exact) mass is 362 g/mol. The maximum Gasteiger partial charge on any atom is 0.336 e. The molecule has 130 valence electrons. The molecule has 0 aliphatic rings. The van der Waals surface area contributed by atoms with Gasteiger partial charge in [-0.25, -0.2) is 9.18 Å². The van der Waals surface area contributed by atoms with Crippen LogP contribution in [0.5, 0.6) is 5.75 Å². The summed E-state index contributed by atoms with van der Waals surface area (Å²) in [6.45, 7) is 2.62. The lowest BCUT2D eigenvalue weighted by Crippen LogP contribution is -2.80. The highest BCUT2D eigenvalue weighted by molar-refractivity contribution is 6.33. The molecule has 0 radical (unpaired) electrons. The van der Waals surface area contributed by atoms with Crippen LogP contribution in [0.3, 0.4) is 0 Å². The summed E-state index contributed by atoms with van der Waals surface area (Å²) < 4.78 is 19.0. The van der Waals surface area contributed by atoms with Gasteiger partial charge >= 0.3 is 5.63 Å². The lowest BCUT2D eigenvalue weighted by Gasteiger charge is -2.11. The molecule has 6 heteroatoms. The van der Waals surface area contributed by atoms with E-state index in [1.54, 1.807) is 24.3 Å². The highest BCUT2D eigenvalue weighted by Crippen LogP contribution is 2.35. The van der Waals surface area contributed by atoms with E-state index in [0.29, 0.717) is 41.6 Å². The standard InChI is InChI=1S/C19H17ClFNO3/c1-2-11-7-17(23)25-19-13(11)8-15(20)18(24)14(19)10-22-9-12-5-3-4-6-16(12)21/h3-8,22,24H,2,9-10H2,1H3/p+1. The molecule has 0 spiro atoms. The average molecular weight is 363 g/mol. The number of hydrogen-bond acceptors (Lipinski definition) is 3. The SMILES string of the molecule is CCc1cc(=O)oc2c(C[NH2+]Cc3ccccc3F)c(O)c(Cl)cc12. The number of aromatic hydroxyl groups is 1. The van der Waals surface area contributed by atoms with Crippen LogP contribution in [-0.4, -0.2) is 5.11 Å². The van der Waals surface area contributed by atoms with Gasteiger partial charge in [0.25, 0.3) is 0 Å². The van der Waals surface area contributed by atoms with Gasteiger partial charge < -0.3 is 14.8 Å². The second kappa shape index (κ2) is 7.25. The average Bonchev–Trinajstić information content (AvgIpc) is 2.60. The summed E-state index contributed by atoms with van der Waals surface area (Å²) in [5.74, 6) is -0.394. The van der Waals surface area contributed by atoms with Crippen LogP contribution in [0, 0.1) is 5.82 Å². The van der Waals surface area contributed by atoms with E-state index in [4.69, 9.17) is 16.0 Å². The Morgan fingerprint density at radius 1 is 1.20 bits per heavy atom. The van der Waals surface area contributed by atoms with Gasteiger partial charge in [-0.15, -0.1) is 0 Å². The zero-order chi connectivity index (χ0) is 18.0. The van der Waals surface area contributed by atoms with Gasteiger partial charge in [-0.05, 0) is 24.1 Å². The first-order valence-corrected chi connectivity index (χ1v) is 8.41. The van der Waals surface area contributed by atoms with Crippen molar-refractivity contribution in [1.82, 2.24) is 0 Å². The Balaban J connectivity index is 1.97. The summed E-state index contributed by atoms with van der Waals surface area (Å²) >= 11 is 6.14. The molecule has 0 saturated heterocycles. The van der Waals surface area contributed by atoms with Gasteiger partial charge in [-0.2, -0.15) is 0 Å². The number of fused-ring (bicyclic) bond motifs is 1. The summed E-state index contributed by atoms with van der Waals surface area (Å²) in [4.78, 5) is 11.8. The summed E-state index contributed by atoms with van der Waals surface area (Å²) in [6.07, 6.45) is 0.640. The maximum atomic E-state index is 13.7. The molecule has 3 rings (SSSR count). The third kappa shape index (κ3) is 3.52. The number of phenolic OH excluding ortho intramolecular Hbond substituents is 1. The molecular formula is C19H18ClFNO3+. The van der Waals surface area contributed by atoms with Crippen LogP contribution in [0.1, 0.15) is 23.6 Å². The predicted octanol–water partition coefficient (Wildman–Crippen LogP) is 3.12. The van der Waals surface area contributed by atoms with Crippen molar-refractivity contribution < 1.29 is 19.2 Å². The number of hydrogen-bond donors (Lipinski definition) is 2. The minimum absolute atomic E-state index is 0.115. The minimum atomic E-state index is -0.471. The van der Waals surface area contributed by atoms with Gasteiger partial charge in [0.05, 0.1) is 10.6 Å². The zero-order valence-electron chi connectivity index (χ0n) is 13.7. The predicted molar refractivity (Wildman–Crippen MR) is 94.3 cm³/mol. The number of benzene rings is 2. The molecule has 0 unspecified atom stereocenters. The van der Waals surface area contributed by atoms with Crippen molar-refractivity contribution in [2.75, 3.05) is 0 Å². The third-order valence-corrected chi connectivity index (χ3v) is 4.48. The van der Waals surface area contributed by atoms with Crippen molar-refractivity contribution in [1.29, 1.82) is 0 Å². The number of nitrogens with two attached hydrogens (primary N) is 1. The van der Waals surface area contributed by atoms with E-state index < -0.39 is 5.63 Å². The molecule has 0 fully saturated rings. The van der Waals surface area contributed by atoms with Crippen LogP contribution in [0.15, 0.2) is 45.6 Å². The fourth-order valence-corrected chi connectivity index (χ4v) is 3.12. The van der Waals surface area contributed by atoms with Crippen LogP contribution < -0.4 is 10.9 Å². The molecule has 4 nitrogen and oxygen atoms in total. The first-order chi connectivity index (χ1) is 12.0. The lowest BCUT2D eigenvalue weighted by atomic mass is 10.0.